The molecule has 0 aromatic carbocycles. The van der Waals surface area contributed by atoms with Gasteiger partial charge in [-0.05, 0) is 40.9 Å². The topological polar surface area (TPSA) is 50.9 Å². The number of aromatic nitrogens is 1. The lowest BCUT2D eigenvalue weighted by Gasteiger charge is -2.29. The third-order valence-corrected chi connectivity index (χ3v) is 3.31. The Bertz CT molecular complexity index is 329. The zero-order chi connectivity index (χ0) is 10.7. The summed E-state index contributed by atoms with van der Waals surface area (Å²) in [5.74, 6) is 0.909. The first-order valence-corrected chi connectivity index (χ1v) is 6.20. The lowest BCUT2D eigenvalue weighted by Crippen LogP contribution is -2.42. The second kappa shape index (κ2) is 4.94. The van der Waals surface area contributed by atoms with E-state index in [-0.39, 0.29) is 6.04 Å². The Labute approximate surface area is 98.6 Å². The number of hydrogen-bond acceptors (Lipinski definition) is 3. The summed E-state index contributed by atoms with van der Waals surface area (Å²) in [7, 11) is 0. The molecule has 0 aliphatic heterocycles. The van der Waals surface area contributed by atoms with Crippen LogP contribution >= 0.6 is 15.9 Å². The maximum absolute atomic E-state index is 6.06. The molecule has 3 N–H and O–H groups in total. The normalized spacial score (nSPS) is 26.3. The van der Waals surface area contributed by atoms with E-state index in [1.807, 2.05) is 18.2 Å². The fraction of sp³-hybridized carbons (Fsp3) is 0.545. The van der Waals surface area contributed by atoms with Crippen molar-refractivity contribution in [3.8, 4) is 0 Å². The molecule has 3 nitrogen and oxygen atoms in total. The van der Waals surface area contributed by atoms with E-state index in [0.717, 1.165) is 23.3 Å². The number of halogens is 1. The summed E-state index contributed by atoms with van der Waals surface area (Å²) in [6.07, 6.45) is 4.78. The van der Waals surface area contributed by atoms with Crippen LogP contribution < -0.4 is 11.1 Å². The molecule has 0 saturated heterocycles. The second-order valence-corrected chi connectivity index (χ2v) is 4.86. The van der Waals surface area contributed by atoms with Gasteiger partial charge in [-0.15, -0.1) is 0 Å². The molecule has 0 spiro atoms. The average molecular weight is 270 g/mol. The van der Waals surface area contributed by atoms with Crippen molar-refractivity contribution < 1.29 is 0 Å². The van der Waals surface area contributed by atoms with Crippen molar-refractivity contribution >= 4 is 21.7 Å². The van der Waals surface area contributed by atoms with E-state index in [4.69, 9.17) is 5.73 Å². The van der Waals surface area contributed by atoms with Gasteiger partial charge in [0.05, 0.1) is 0 Å². The average Bonchev–Trinajstić information content (AvgIpc) is 2.22. The van der Waals surface area contributed by atoms with Crippen LogP contribution in [0.1, 0.15) is 25.7 Å². The third-order valence-electron chi connectivity index (χ3n) is 2.87. The standard InChI is InChI=1S/C11H16BrN3/c12-10-6-3-7-11(15-10)14-9-5-2-1-4-8(9)13/h3,6-9H,1-2,4-5,13H2,(H,14,15)/t8-,9+/m1/s1. The van der Waals surface area contributed by atoms with Crippen molar-refractivity contribution in [2.24, 2.45) is 5.73 Å². The highest BCUT2D eigenvalue weighted by Gasteiger charge is 2.21. The molecule has 0 radical (unpaired) electrons. The number of nitrogens with one attached hydrogen (secondary N) is 1. The van der Waals surface area contributed by atoms with Gasteiger partial charge < -0.3 is 11.1 Å². The van der Waals surface area contributed by atoms with Crippen molar-refractivity contribution in [1.82, 2.24) is 4.98 Å². The molecule has 0 unspecified atom stereocenters. The maximum atomic E-state index is 6.06. The smallest absolute Gasteiger partial charge is 0.127 e. The Morgan fingerprint density at radius 2 is 2.13 bits per heavy atom. The van der Waals surface area contributed by atoms with Crippen LogP contribution in [0.3, 0.4) is 0 Å². The number of rotatable bonds is 2. The van der Waals surface area contributed by atoms with E-state index < -0.39 is 0 Å². The molecule has 1 aliphatic carbocycles. The van der Waals surface area contributed by atoms with Crippen molar-refractivity contribution in [3.05, 3.63) is 22.8 Å². The molecule has 1 aromatic rings. The lowest BCUT2D eigenvalue weighted by molar-refractivity contribution is 0.403. The zero-order valence-electron chi connectivity index (χ0n) is 8.62. The molecule has 1 fully saturated rings. The molecule has 4 heteroatoms. The molecular weight excluding hydrogens is 254 g/mol. The summed E-state index contributed by atoms with van der Waals surface area (Å²) >= 11 is 3.36. The van der Waals surface area contributed by atoms with Crippen molar-refractivity contribution in [2.45, 2.75) is 37.8 Å². The van der Waals surface area contributed by atoms with Gasteiger partial charge in [0.15, 0.2) is 0 Å². The molecule has 1 aromatic heterocycles. The molecule has 2 rings (SSSR count). The van der Waals surface area contributed by atoms with Crippen LogP contribution in [0.15, 0.2) is 22.8 Å². The van der Waals surface area contributed by atoms with E-state index in [1.165, 1.54) is 12.8 Å². The summed E-state index contributed by atoms with van der Waals surface area (Å²) in [4.78, 5) is 4.35. The first kappa shape index (κ1) is 10.9. The zero-order valence-corrected chi connectivity index (χ0v) is 10.2. The third kappa shape index (κ3) is 2.92. The van der Waals surface area contributed by atoms with Crippen LogP contribution in [0.4, 0.5) is 5.82 Å². The van der Waals surface area contributed by atoms with Crippen LogP contribution in [0.2, 0.25) is 0 Å². The first-order chi connectivity index (χ1) is 7.25. The summed E-state index contributed by atoms with van der Waals surface area (Å²) in [5.41, 5.74) is 6.06. The van der Waals surface area contributed by atoms with Crippen LogP contribution in [-0.4, -0.2) is 17.1 Å². The van der Waals surface area contributed by atoms with Gasteiger partial charge in [-0.1, -0.05) is 18.9 Å². The van der Waals surface area contributed by atoms with E-state index in [1.54, 1.807) is 0 Å². The Balaban J connectivity index is 2.01. The molecule has 82 valence electrons. The highest BCUT2D eigenvalue weighted by molar-refractivity contribution is 9.10. The molecule has 15 heavy (non-hydrogen) atoms. The molecule has 0 bridgehead atoms. The SMILES string of the molecule is N[C@@H]1CCCC[C@@H]1Nc1cccc(Br)n1. The van der Waals surface area contributed by atoms with E-state index in [2.05, 4.69) is 26.2 Å². The summed E-state index contributed by atoms with van der Waals surface area (Å²) in [5, 5.41) is 3.41. The minimum Gasteiger partial charge on any atom is -0.366 e. The van der Waals surface area contributed by atoms with Crippen molar-refractivity contribution in [3.63, 3.8) is 0 Å². The van der Waals surface area contributed by atoms with Crippen LogP contribution in [-0.2, 0) is 0 Å². The van der Waals surface area contributed by atoms with Gasteiger partial charge in [-0.2, -0.15) is 0 Å². The van der Waals surface area contributed by atoms with Gasteiger partial charge in [0.25, 0.3) is 0 Å². The molecule has 1 aliphatic rings. The quantitative estimate of drug-likeness (QED) is 0.812. The highest BCUT2D eigenvalue weighted by atomic mass is 79.9. The number of pyridine rings is 1. The minimum absolute atomic E-state index is 0.263. The van der Waals surface area contributed by atoms with Gasteiger partial charge in [0.2, 0.25) is 0 Å². The van der Waals surface area contributed by atoms with Gasteiger partial charge in [0.1, 0.15) is 10.4 Å². The van der Waals surface area contributed by atoms with Crippen molar-refractivity contribution in [1.29, 1.82) is 0 Å². The van der Waals surface area contributed by atoms with Gasteiger partial charge in [-0.3, -0.25) is 0 Å². The number of nitrogens with two attached hydrogens (primary N) is 1. The minimum atomic E-state index is 0.263. The number of nitrogens with zero attached hydrogens (tertiary/aromatic N) is 1. The van der Waals surface area contributed by atoms with Gasteiger partial charge >= 0.3 is 0 Å². The Hall–Kier alpha value is -0.610. The molecule has 1 saturated carbocycles. The Kier molecular flexibility index (Phi) is 3.59. The summed E-state index contributed by atoms with van der Waals surface area (Å²) in [6, 6.07) is 6.52. The van der Waals surface area contributed by atoms with Crippen LogP contribution in [0, 0.1) is 0 Å². The summed E-state index contributed by atoms with van der Waals surface area (Å²) in [6.45, 7) is 0. The van der Waals surface area contributed by atoms with Crippen molar-refractivity contribution in [2.75, 3.05) is 5.32 Å². The van der Waals surface area contributed by atoms with Gasteiger partial charge in [-0.25, -0.2) is 4.98 Å². The molecule has 1 heterocycles. The summed E-state index contributed by atoms with van der Waals surface area (Å²) < 4.78 is 0.858. The predicted molar refractivity (Wildman–Crippen MR) is 65.8 cm³/mol. The fourth-order valence-electron chi connectivity index (χ4n) is 2.02. The maximum Gasteiger partial charge on any atom is 0.127 e. The fourth-order valence-corrected chi connectivity index (χ4v) is 2.36. The molecule has 0 amide bonds. The first-order valence-electron chi connectivity index (χ1n) is 5.40. The van der Waals surface area contributed by atoms with E-state index >= 15 is 0 Å². The van der Waals surface area contributed by atoms with Crippen LogP contribution in [0.5, 0.6) is 0 Å². The van der Waals surface area contributed by atoms with E-state index in [0.29, 0.717) is 6.04 Å². The monoisotopic (exact) mass is 269 g/mol. The number of anilines is 1. The van der Waals surface area contributed by atoms with Crippen LogP contribution in [0.25, 0.3) is 0 Å². The largest absolute Gasteiger partial charge is 0.366 e. The number of hydrogen-bond donors (Lipinski definition) is 2. The predicted octanol–water partition coefficient (Wildman–Crippen LogP) is 2.53. The molecule has 2 atom stereocenters. The Morgan fingerprint density at radius 3 is 2.87 bits per heavy atom. The van der Waals surface area contributed by atoms with Gasteiger partial charge in [0, 0.05) is 12.1 Å². The Morgan fingerprint density at radius 1 is 1.33 bits per heavy atom. The highest BCUT2D eigenvalue weighted by Crippen LogP contribution is 2.20. The lowest BCUT2D eigenvalue weighted by atomic mass is 9.91. The molecular formula is C11H16BrN3. The van der Waals surface area contributed by atoms with E-state index in [9.17, 15) is 0 Å². The second-order valence-electron chi connectivity index (χ2n) is 4.04.